The minimum absolute atomic E-state index is 0.0117. The first-order valence-corrected chi connectivity index (χ1v) is 6.92. The lowest BCUT2D eigenvalue weighted by molar-refractivity contribution is -0.134. The van der Waals surface area contributed by atoms with E-state index in [4.69, 9.17) is 9.84 Å². The van der Waals surface area contributed by atoms with Crippen LogP contribution in [0.25, 0.3) is 0 Å². The fraction of sp³-hybridized carbons (Fsp3) is 0.385. The average Bonchev–Trinajstić information content (AvgIpc) is 2.34. The Bertz CT molecular complexity index is 515. The number of ether oxygens (including phenoxy) is 1. The third kappa shape index (κ3) is 3.20. The van der Waals surface area contributed by atoms with Crippen LogP contribution in [0.1, 0.15) is 13.8 Å². The summed E-state index contributed by atoms with van der Waals surface area (Å²) in [5, 5.41) is 11.4. The van der Waals surface area contributed by atoms with Gasteiger partial charge in [0.15, 0.2) is 6.10 Å². The van der Waals surface area contributed by atoms with E-state index < -0.39 is 12.1 Å². The van der Waals surface area contributed by atoms with Crippen molar-refractivity contribution in [1.82, 2.24) is 0 Å². The number of rotatable bonds is 4. The molecule has 0 bridgehead atoms. The maximum absolute atomic E-state index is 11.8. The summed E-state index contributed by atoms with van der Waals surface area (Å²) in [6.45, 7) is 3.85. The average molecular weight is 281 g/mol. The Morgan fingerprint density at radius 2 is 2.26 bits per heavy atom. The molecule has 0 spiro atoms. The van der Waals surface area contributed by atoms with Crippen molar-refractivity contribution in [3.63, 3.8) is 0 Å². The van der Waals surface area contributed by atoms with Gasteiger partial charge in [-0.2, -0.15) is 0 Å². The fourth-order valence-electron chi connectivity index (χ4n) is 1.78. The number of nitrogens with one attached hydrogen (secondary N) is 1. The second-order valence-corrected chi connectivity index (χ2v) is 5.66. The second kappa shape index (κ2) is 5.52. The van der Waals surface area contributed by atoms with Crippen LogP contribution in [0.15, 0.2) is 23.1 Å². The molecule has 102 valence electrons. The topological polar surface area (TPSA) is 75.6 Å². The molecule has 1 aliphatic heterocycles. The van der Waals surface area contributed by atoms with Crippen LogP contribution < -0.4 is 10.1 Å². The minimum Gasteiger partial charge on any atom is -0.481 e. The number of carboxylic acids is 1. The highest BCUT2D eigenvalue weighted by Crippen LogP contribution is 2.34. The SMILES string of the molecule is CC(C)C1Oc2ccc(SCC(=O)O)cc2NC1=O. The van der Waals surface area contributed by atoms with Gasteiger partial charge in [0, 0.05) is 4.90 Å². The van der Waals surface area contributed by atoms with Gasteiger partial charge < -0.3 is 15.2 Å². The predicted molar refractivity (Wildman–Crippen MR) is 72.7 cm³/mol. The third-order valence-electron chi connectivity index (χ3n) is 2.69. The molecule has 5 nitrogen and oxygen atoms in total. The Hall–Kier alpha value is -1.69. The van der Waals surface area contributed by atoms with E-state index in [2.05, 4.69) is 5.32 Å². The highest BCUT2D eigenvalue weighted by Gasteiger charge is 2.30. The van der Waals surface area contributed by atoms with Gasteiger partial charge in [-0.05, 0) is 24.1 Å². The van der Waals surface area contributed by atoms with E-state index in [9.17, 15) is 9.59 Å². The van der Waals surface area contributed by atoms with Crippen molar-refractivity contribution in [2.24, 2.45) is 5.92 Å². The normalized spacial score (nSPS) is 17.6. The minimum atomic E-state index is -0.872. The first-order valence-electron chi connectivity index (χ1n) is 5.93. The smallest absolute Gasteiger partial charge is 0.313 e. The Morgan fingerprint density at radius 3 is 2.89 bits per heavy atom. The molecular formula is C13H15NO4S. The van der Waals surface area contributed by atoms with Gasteiger partial charge in [0.25, 0.3) is 5.91 Å². The summed E-state index contributed by atoms with van der Waals surface area (Å²) in [4.78, 5) is 23.1. The first-order chi connectivity index (χ1) is 8.97. The van der Waals surface area contributed by atoms with Gasteiger partial charge in [0.2, 0.25) is 0 Å². The van der Waals surface area contributed by atoms with E-state index in [0.717, 1.165) is 4.90 Å². The van der Waals surface area contributed by atoms with Gasteiger partial charge in [-0.3, -0.25) is 9.59 Å². The summed E-state index contributed by atoms with van der Waals surface area (Å²) >= 11 is 1.20. The lowest BCUT2D eigenvalue weighted by Crippen LogP contribution is -2.40. The quantitative estimate of drug-likeness (QED) is 0.828. The van der Waals surface area contributed by atoms with Gasteiger partial charge in [0.05, 0.1) is 11.4 Å². The van der Waals surface area contributed by atoms with E-state index in [1.807, 2.05) is 13.8 Å². The Morgan fingerprint density at radius 1 is 1.53 bits per heavy atom. The van der Waals surface area contributed by atoms with Crippen LogP contribution in [0.5, 0.6) is 5.75 Å². The maximum Gasteiger partial charge on any atom is 0.313 e. The van der Waals surface area contributed by atoms with Crippen molar-refractivity contribution < 1.29 is 19.4 Å². The maximum atomic E-state index is 11.8. The van der Waals surface area contributed by atoms with Crippen LogP contribution in [-0.4, -0.2) is 28.8 Å². The predicted octanol–water partition coefficient (Wildman–Crippen LogP) is 2.22. The molecule has 1 atom stereocenters. The fourth-order valence-corrected chi connectivity index (χ4v) is 2.43. The Labute approximate surface area is 115 Å². The van der Waals surface area contributed by atoms with Crippen molar-refractivity contribution >= 4 is 29.3 Å². The molecule has 1 unspecified atom stereocenters. The Kier molecular flexibility index (Phi) is 3.99. The molecule has 0 aromatic heterocycles. The summed E-state index contributed by atoms with van der Waals surface area (Å²) in [6, 6.07) is 5.28. The van der Waals surface area contributed by atoms with E-state index >= 15 is 0 Å². The molecule has 0 saturated carbocycles. The molecular weight excluding hydrogens is 266 g/mol. The zero-order chi connectivity index (χ0) is 14.0. The van der Waals surface area contributed by atoms with Crippen LogP contribution in [0.2, 0.25) is 0 Å². The molecule has 1 amide bonds. The van der Waals surface area contributed by atoms with Gasteiger partial charge in [0.1, 0.15) is 5.75 Å². The highest BCUT2D eigenvalue weighted by atomic mass is 32.2. The third-order valence-corrected chi connectivity index (χ3v) is 3.67. The molecule has 0 aliphatic carbocycles. The van der Waals surface area contributed by atoms with Crippen molar-refractivity contribution in [2.45, 2.75) is 24.8 Å². The van der Waals surface area contributed by atoms with Crippen LogP contribution in [-0.2, 0) is 9.59 Å². The molecule has 2 rings (SSSR count). The number of benzene rings is 1. The van der Waals surface area contributed by atoms with E-state index in [1.54, 1.807) is 18.2 Å². The van der Waals surface area contributed by atoms with Crippen LogP contribution in [0, 0.1) is 5.92 Å². The molecule has 1 aromatic rings. The van der Waals surface area contributed by atoms with Gasteiger partial charge in [-0.25, -0.2) is 0 Å². The van der Waals surface area contributed by atoms with E-state index in [1.165, 1.54) is 11.8 Å². The number of carbonyl (C=O) groups excluding carboxylic acids is 1. The van der Waals surface area contributed by atoms with Crippen molar-refractivity contribution in [3.8, 4) is 5.75 Å². The summed E-state index contributed by atoms with van der Waals surface area (Å²) in [7, 11) is 0. The summed E-state index contributed by atoms with van der Waals surface area (Å²) in [6.07, 6.45) is -0.481. The van der Waals surface area contributed by atoms with E-state index in [-0.39, 0.29) is 17.6 Å². The lowest BCUT2D eigenvalue weighted by Gasteiger charge is -2.28. The molecule has 0 fully saturated rings. The Balaban J connectivity index is 2.16. The monoisotopic (exact) mass is 281 g/mol. The molecule has 2 N–H and O–H groups in total. The van der Waals surface area contributed by atoms with Crippen LogP contribution in [0.4, 0.5) is 5.69 Å². The standard InChI is InChI=1S/C13H15NO4S/c1-7(2)12-13(17)14-9-5-8(19-6-11(15)16)3-4-10(9)18-12/h3-5,7,12H,6H2,1-2H3,(H,14,17)(H,15,16). The number of fused-ring (bicyclic) bond motifs is 1. The van der Waals surface area contributed by atoms with Crippen molar-refractivity contribution in [3.05, 3.63) is 18.2 Å². The lowest BCUT2D eigenvalue weighted by atomic mass is 10.0. The summed E-state index contributed by atoms with van der Waals surface area (Å²) in [5.41, 5.74) is 0.595. The molecule has 1 heterocycles. The second-order valence-electron chi connectivity index (χ2n) is 4.61. The molecule has 6 heteroatoms. The van der Waals surface area contributed by atoms with Crippen molar-refractivity contribution in [1.29, 1.82) is 0 Å². The number of aliphatic carboxylic acids is 1. The van der Waals surface area contributed by atoms with Gasteiger partial charge >= 0.3 is 5.97 Å². The number of amides is 1. The largest absolute Gasteiger partial charge is 0.481 e. The number of carboxylic acid groups (broad SMARTS) is 1. The van der Waals surface area contributed by atoms with Crippen LogP contribution in [0.3, 0.4) is 0 Å². The summed E-state index contributed by atoms with van der Waals surface area (Å²) in [5.74, 6) is -0.333. The highest BCUT2D eigenvalue weighted by molar-refractivity contribution is 8.00. The number of hydrogen-bond donors (Lipinski definition) is 2. The number of hydrogen-bond acceptors (Lipinski definition) is 4. The molecule has 1 aromatic carbocycles. The number of anilines is 1. The number of carbonyl (C=O) groups is 2. The molecule has 19 heavy (non-hydrogen) atoms. The van der Waals surface area contributed by atoms with E-state index in [0.29, 0.717) is 11.4 Å². The van der Waals surface area contributed by atoms with Gasteiger partial charge in [-0.1, -0.05) is 13.8 Å². The zero-order valence-electron chi connectivity index (χ0n) is 10.7. The first kappa shape index (κ1) is 13.7. The summed E-state index contributed by atoms with van der Waals surface area (Å²) < 4.78 is 5.65. The molecule has 1 aliphatic rings. The van der Waals surface area contributed by atoms with Crippen molar-refractivity contribution in [2.75, 3.05) is 11.1 Å². The molecule has 0 radical (unpaired) electrons. The zero-order valence-corrected chi connectivity index (χ0v) is 11.5. The number of thioether (sulfide) groups is 1. The van der Waals surface area contributed by atoms with Gasteiger partial charge in [-0.15, -0.1) is 11.8 Å². The molecule has 0 saturated heterocycles. The van der Waals surface area contributed by atoms with Crippen LogP contribution >= 0.6 is 11.8 Å².